The lowest BCUT2D eigenvalue weighted by atomic mass is 10.1. The van der Waals surface area contributed by atoms with Gasteiger partial charge in [0.1, 0.15) is 22.9 Å². The Morgan fingerprint density at radius 2 is 1.97 bits per heavy atom. The first kappa shape index (κ1) is 18.9. The molecule has 0 aliphatic carbocycles. The van der Waals surface area contributed by atoms with E-state index in [0.29, 0.717) is 17.3 Å². The highest BCUT2D eigenvalue weighted by Gasteiger charge is 2.36. The van der Waals surface area contributed by atoms with Gasteiger partial charge in [0.2, 0.25) is 0 Å². The molecule has 0 unspecified atom stereocenters. The molecule has 146 valence electrons. The zero-order valence-electron chi connectivity index (χ0n) is 15.3. The van der Waals surface area contributed by atoms with E-state index in [1.54, 1.807) is 24.3 Å². The number of aryl methyl sites for hydroxylation is 1. The Balaban J connectivity index is 1.63. The molecule has 1 aliphatic rings. The normalized spacial score (nSPS) is 15.9. The molecular weight excluding hydrogens is 440 g/mol. The summed E-state index contributed by atoms with van der Waals surface area (Å²) in [4.78, 5) is 37.9. The molecule has 0 atom stereocenters. The van der Waals surface area contributed by atoms with Gasteiger partial charge in [0.05, 0.1) is 12.8 Å². The van der Waals surface area contributed by atoms with Crippen LogP contribution in [0, 0.1) is 6.92 Å². The van der Waals surface area contributed by atoms with Crippen LogP contribution in [0.1, 0.15) is 17.1 Å². The van der Waals surface area contributed by atoms with Gasteiger partial charge in [-0.2, -0.15) is 0 Å². The number of hydrogen-bond donors (Lipinski definition) is 1. The highest BCUT2D eigenvalue weighted by molar-refractivity contribution is 9.10. The molecule has 1 saturated heterocycles. The molecule has 3 aromatic rings. The van der Waals surface area contributed by atoms with Crippen molar-refractivity contribution in [3.63, 3.8) is 0 Å². The standard InChI is InChI=1S/C21H15BrN2O5/c1-12-4-6-15(17(22)9-12)18-7-5-13(29-18)10-16-19(25)23-21(27)24(20(16)26)11-14-3-2-8-28-14/h2-10H,11H2,1H3,(H,23,25,27). The van der Waals surface area contributed by atoms with E-state index < -0.39 is 17.8 Å². The summed E-state index contributed by atoms with van der Waals surface area (Å²) < 4.78 is 11.8. The van der Waals surface area contributed by atoms with E-state index in [2.05, 4.69) is 21.2 Å². The molecule has 1 aliphatic heterocycles. The SMILES string of the molecule is Cc1ccc(-c2ccc(C=C3C(=O)NC(=O)N(Cc4ccco4)C3=O)o2)c(Br)c1. The molecule has 1 N–H and O–H groups in total. The summed E-state index contributed by atoms with van der Waals surface area (Å²) in [7, 11) is 0. The van der Waals surface area contributed by atoms with Crippen LogP contribution >= 0.6 is 15.9 Å². The summed E-state index contributed by atoms with van der Waals surface area (Å²) in [6.45, 7) is 1.90. The van der Waals surface area contributed by atoms with Crippen molar-refractivity contribution in [2.45, 2.75) is 13.5 Å². The lowest BCUT2D eigenvalue weighted by molar-refractivity contribution is -0.130. The molecule has 0 saturated carbocycles. The minimum atomic E-state index is -0.794. The summed E-state index contributed by atoms with van der Waals surface area (Å²) in [6.07, 6.45) is 2.77. The number of carbonyl (C=O) groups is 3. The average molecular weight is 455 g/mol. The van der Waals surface area contributed by atoms with Crippen LogP contribution in [0.4, 0.5) is 4.79 Å². The molecule has 3 heterocycles. The van der Waals surface area contributed by atoms with E-state index in [1.165, 1.54) is 12.3 Å². The number of benzene rings is 1. The van der Waals surface area contributed by atoms with E-state index in [4.69, 9.17) is 8.83 Å². The second-order valence-corrected chi connectivity index (χ2v) is 7.33. The Hall–Kier alpha value is -3.39. The van der Waals surface area contributed by atoms with Gasteiger partial charge in [0.25, 0.3) is 11.8 Å². The number of nitrogens with zero attached hydrogens (tertiary/aromatic N) is 1. The van der Waals surface area contributed by atoms with Gasteiger partial charge in [0, 0.05) is 10.0 Å². The van der Waals surface area contributed by atoms with Crippen LogP contribution in [0.2, 0.25) is 0 Å². The number of nitrogens with one attached hydrogen (secondary N) is 1. The minimum absolute atomic E-state index is 0.0813. The Bertz CT molecular complexity index is 1140. The van der Waals surface area contributed by atoms with Gasteiger partial charge < -0.3 is 8.83 Å². The molecule has 0 spiro atoms. The molecule has 4 amide bonds. The topological polar surface area (TPSA) is 92.8 Å². The predicted octanol–water partition coefficient (Wildman–Crippen LogP) is 4.27. The quantitative estimate of drug-likeness (QED) is 0.469. The van der Waals surface area contributed by atoms with Crippen LogP contribution in [0.25, 0.3) is 17.4 Å². The number of imide groups is 2. The van der Waals surface area contributed by atoms with Crippen molar-refractivity contribution in [1.82, 2.24) is 10.2 Å². The van der Waals surface area contributed by atoms with Gasteiger partial charge in [-0.25, -0.2) is 4.79 Å². The van der Waals surface area contributed by atoms with Crippen LogP contribution in [0.15, 0.2) is 67.6 Å². The van der Waals surface area contributed by atoms with Crippen LogP contribution in [0.5, 0.6) is 0 Å². The monoisotopic (exact) mass is 454 g/mol. The second-order valence-electron chi connectivity index (χ2n) is 6.47. The molecule has 8 heteroatoms. The fourth-order valence-electron chi connectivity index (χ4n) is 2.93. The molecule has 4 rings (SSSR count). The predicted molar refractivity (Wildman–Crippen MR) is 107 cm³/mol. The van der Waals surface area contributed by atoms with Crippen molar-refractivity contribution in [3.8, 4) is 11.3 Å². The van der Waals surface area contributed by atoms with E-state index in [9.17, 15) is 14.4 Å². The van der Waals surface area contributed by atoms with Crippen LogP contribution < -0.4 is 5.32 Å². The lowest BCUT2D eigenvalue weighted by Crippen LogP contribution is -2.53. The van der Waals surface area contributed by atoms with Crippen molar-refractivity contribution >= 4 is 39.9 Å². The average Bonchev–Trinajstić information content (AvgIpc) is 3.34. The van der Waals surface area contributed by atoms with E-state index in [1.807, 2.05) is 25.1 Å². The highest BCUT2D eigenvalue weighted by Crippen LogP contribution is 2.31. The number of halogens is 1. The summed E-state index contributed by atoms with van der Waals surface area (Å²) in [6, 6.07) is 11.7. The molecular formula is C21H15BrN2O5. The lowest BCUT2D eigenvalue weighted by Gasteiger charge is -2.25. The molecule has 7 nitrogen and oxygen atoms in total. The third kappa shape index (κ3) is 3.79. The number of amides is 4. The van der Waals surface area contributed by atoms with Crippen molar-refractivity contribution in [3.05, 3.63) is 75.9 Å². The van der Waals surface area contributed by atoms with Crippen molar-refractivity contribution in [2.75, 3.05) is 0 Å². The third-order valence-corrected chi connectivity index (χ3v) is 5.04. The van der Waals surface area contributed by atoms with Gasteiger partial charge in [-0.05, 0) is 55.0 Å². The first-order chi connectivity index (χ1) is 13.9. The maximum Gasteiger partial charge on any atom is 0.331 e. The number of furan rings is 2. The number of urea groups is 1. The summed E-state index contributed by atoms with van der Waals surface area (Å²) >= 11 is 3.51. The van der Waals surface area contributed by atoms with E-state index in [-0.39, 0.29) is 12.1 Å². The Morgan fingerprint density at radius 3 is 2.69 bits per heavy atom. The molecule has 1 fully saturated rings. The van der Waals surface area contributed by atoms with Crippen LogP contribution in [-0.2, 0) is 16.1 Å². The number of carbonyl (C=O) groups excluding carboxylic acids is 3. The van der Waals surface area contributed by atoms with Crippen molar-refractivity contribution in [1.29, 1.82) is 0 Å². The summed E-state index contributed by atoms with van der Waals surface area (Å²) in [5.41, 5.74) is 1.75. The fourth-order valence-corrected chi connectivity index (χ4v) is 3.62. The molecule has 0 radical (unpaired) electrons. The van der Waals surface area contributed by atoms with Crippen molar-refractivity contribution in [2.24, 2.45) is 0 Å². The van der Waals surface area contributed by atoms with Crippen LogP contribution in [0.3, 0.4) is 0 Å². The fraction of sp³-hybridized carbons (Fsp3) is 0.0952. The second kappa shape index (κ2) is 7.56. The maximum absolute atomic E-state index is 12.7. The minimum Gasteiger partial charge on any atom is -0.467 e. The molecule has 0 bridgehead atoms. The summed E-state index contributed by atoms with van der Waals surface area (Å²) in [5.74, 6) is -0.171. The number of rotatable bonds is 4. The van der Waals surface area contributed by atoms with Gasteiger partial charge in [-0.15, -0.1) is 0 Å². The zero-order chi connectivity index (χ0) is 20.5. The van der Waals surface area contributed by atoms with E-state index in [0.717, 1.165) is 20.5 Å². The maximum atomic E-state index is 12.7. The first-order valence-electron chi connectivity index (χ1n) is 8.70. The molecule has 2 aromatic heterocycles. The van der Waals surface area contributed by atoms with Gasteiger partial charge in [-0.1, -0.05) is 22.0 Å². The van der Waals surface area contributed by atoms with Gasteiger partial charge in [-0.3, -0.25) is 19.8 Å². The smallest absolute Gasteiger partial charge is 0.331 e. The zero-order valence-corrected chi connectivity index (χ0v) is 16.9. The largest absolute Gasteiger partial charge is 0.467 e. The summed E-state index contributed by atoms with van der Waals surface area (Å²) in [5, 5.41) is 2.16. The third-order valence-electron chi connectivity index (χ3n) is 4.38. The Morgan fingerprint density at radius 1 is 1.14 bits per heavy atom. The Labute approximate surface area is 174 Å². The molecule has 1 aromatic carbocycles. The molecule has 29 heavy (non-hydrogen) atoms. The number of barbiturate groups is 1. The first-order valence-corrected chi connectivity index (χ1v) is 9.49. The van der Waals surface area contributed by atoms with Crippen LogP contribution in [-0.4, -0.2) is 22.7 Å². The Kier molecular flexibility index (Phi) is 4.94. The highest BCUT2D eigenvalue weighted by atomic mass is 79.9. The van der Waals surface area contributed by atoms with E-state index >= 15 is 0 Å². The van der Waals surface area contributed by atoms with Gasteiger partial charge >= 0.3 is 6.03 Å². The van der Waals surface area contributed by atoms with Gasteiger partial charge in [0.15, 0.2) is 0 Å². The van der Waals surface area contributed by atoms with Crippen molar-refractivity contribution < 1.29 is 23.2 Å². The number of hydrogen-bond acceptors (Lipinski definition) is 5.